The predicted molar refractivity (Wildman–Crippen MR) is 167 cm³/mol. The van der Waals surface area contributed by atoms with Crippen molar-refractivity contribution in [2.45, 2.75) is 50.6 Å². The van der Waals surface area contributed by atoms with E-state index < -0.39 is 0 Å². The summed E-state index contributed by atoms with van der Waals surface area (Å²) in [5.74, 6) is -0.405. The number of nitrogens with one attached hydrogen (secondary N) is 2. The van der Waals surface area contributed by atoms with Crippen LogP contribution in [-0.2, 0) is 11.2 Å². The summed E-state index contributed by atoms with van der Waals surface area (Å²) in [5.41, 5.74) is 9.88. The van der Waals surface area contributed by atoms with E-state index in [1.165, 1.54) is 0 Å². The topological polar surface area (TPSA) is 132 Å². The van der Waals surface area contributed by atoms with Crippen LogP contribution in [0.2, 0.25) is 0 Å². The fourth-order valence-electron chi connectivity index (χ4n) is 5.79. The summed E-state index contributed by atoms with van der Waals surface area (Å²) in [6, 6.07) is 24.0. The monoisotopic (exact) mass is 578 g/mol. The fraction of sp³-hybridized carbons (Fsp3) is 0.353. The zero-order valence-corrected chi connectivity index (χ0v) is 24.3. The van der Waals surface area contributed by atoms with Gasteiger partial charge in [-0.1, -0.05) is 30.3 Å². The van der Waals surface area contributed by atoms with Crippen LogP contribution in [0.25, 0.3) is 0 Å². The van der Waals surface area contributed by atoms with Crippen LogP contribution in [0.5, 0.6) is 0 Å². The van der Waals surface area contributed by atoms with Crippen molar-refractivity contribution in [1.29, 1.82) is 5.26 Å². The van der Waals surface area contributed by atoms with Gasteiger partial charge in [0.25, 0.3) is 11.8 Å². The van der Waals surface area contributed by atoms with Crippen LogP contribution < -0.4 is 21.3 Å². The van der Waals surface area contributed by atoms with E-state index >= 15 is 0 Å². The Labute approximate surface area is 252 Å². The van der Waals surface area contributed by atoms with Gasteiger partial charge in [-0.25, -0.2) is 0 Å². The molecule has 4 N–H and O–H groups in total. The van der Waals surface area contributed by atoms with Crippen LogP contribution in [0, 0.1) is 11.3 Å². The van der Waals surface area contributed by atoms with E-state index in [4.69, 9.17) is 11.0 Å². The minimum Gasteiger partial charge on any atom is -0.368 e. The van der Waals surface area contributed by atoms with E-state index in [1.54, 1.807) is 36.4 Å². The lowest BCUT2D eigenvalue weighted by Crippen LogP contribution is -2.40. The number of rotatable bonds is 7. The summed E-state index contributed by atoms with van der Waals surface area (Å²) in [4.78, 5) is 43.6. The molecule has 1 saturated heterocycles. The molecule has 0 spiro atoms. The van der Waals surface area contributed by atoms with E-state index in [2.05, 4.69) is 21.6 Å². The van der Waals surface area contributed by atoms with Crippen LogP contribution in [-0.4, -0.2) is 60.9 Å². The Hall–Kier alpha value is -4.68. The zero-order valence-electron chi connectivity index (χ0n) is 24.3. The number of carbonyl (C=O) groups is 3. The van der Waals surface area contributed by atoms with Gasteiger partial charge >= 0.3 is 0 Å². The van der Waals surface area contributed by atoms with Crippen molar-refractivity contribution < 1.29 is 14.4 Å². The zero-order chi connectivity index (χ0) is 30.2. The summed E-state index contributed by atoms with van der Waals surface area (Å²) in [7, 11) is 0. The summed E-state index contributed by atoms with van der Waals surface area (Å²) in [5, 5.41) is 15.3. The molecule has 222 valence electrons. The van der Waals surface area contributed by atoms with Gasteiger partial charge in [-0.05, 0) is 80.1 Å². The molecule has 3 amide bonds. The highest BCUT2D eigenvalue weighted by Crippen LogP contribution is 2.29. The number of nitrogens with zero attached hydrogens (tertiary/aromatic N) is 3. The van der Waals surface area contributed by atoms with E-state index in [9.17, 15) is 14.4 Å². The molecule has 9 heteroatoms. The van der Waals surface area contributed by atoms with Gasteiger partial charge in [-0.2, -0.15) is 5.26 Å². The lowest BCUT2D eigenvalue weighted by molar-refractivity contribution is -0.115. The number of hydrogen-bond donors (Lipinski definition) is 3. The third kappa shape index (κ3) is 7.79. The Morgan fingerprint density at radius 3 is 2.30 bits per heavy atom. The van der Waals surface area contributed by atoms with Gasteiger partial charge < -0.3 is 26.2 Å². The highest BCUT2D eigenvalue weighted by atomic mass is 16.2. The molecule has 3 aromatic rings. The second-order valence-corrected chi connectivity index (χ2v) is 11.3. The molecule has 0 unspecified atom stereocenters. The van der Waals surface area contributed by atoms with Gasteiger partial charge in [-0.3, -0.25) is 14.4 Å². The third-order valence-corrected chi connectivity index (χ3v) is 8.23. The maximum atomic E-state index is 13.2. The van der Waals surface area contributed by atoms with E-state index in [-0.39, 0.29) is 36.2 Å². The Kier molecular flexibility index (Phi) is 9.70. The SMILES string of the molecule is N#Cc1ccc(C(=O)N2CCCN(c3ccc(C(=O)NC4CCC(N)CC4)cc3NC(=O)Cc3ccccc3)CC2)cc1. The summed E-state index contributed by atoms with van der Waals surface area (Å²) < 4.78 is 0. The molecule has 5 rings (SSSR count). The molecule has 0 bridgehead atoms. The van der Waals surface area contributed by atoms with Crippen LogP contribution in [0.4, 0.5) is 11.4 Å². The smallest absolute Gasteiger partial charge is 0.253 e. The maximum Gasteiger partial charge on any atom is 0.253 e. The second-order valence-electron chi connectivity index (χ2n) is 11.3. The second kappa shape index (κ2) is 14.0. The van der Waals surface area contributed by atoms with Crippen LogP contribution >= 0.6 is 0 Å². The molecular weight excluding hydrogens is 540 g/mol. The van der Waals surface area contributed by atoms with E-state index in [0.717, 1.165) is 43.4 Å². The van der Waals surface area contributed by atoms with Crippen molar-refractivity contribution >= 4 is 29.1 Å². The molecule has 43 heavy (non-hydrogen) atoms. The van der Waals surface area contributed by atoms with Crippen LogP contribution in [0.3, 0.4) is 0 Å². The average molecular weight is 579 g/mol. The molecule has 9 nitrogen and oxygen atoms in total. The quantitative estimate of drug-likeness (QED) is 0.387. The van der Waals surface area contributed by atoms with Gasteiger partial charge in [0.15, 0.2) is 0 Å². The largest absolute Gasteiger partial charge is 0.368 e. The fourth-order valence-corrected chi connectivity index (χ4v) is 5.79. The standard InChI is InChI=1S/C34H38N6O3/c35-23-25-7-9-26(10-8-25)34(43)40-18-4-17-39(19-20-40)31-16-11-27(33(42)37-29-14-12-28(36)13-15-29)22-30(31)38-32(41)21-24-5-2-1-3-6-24/h1-3,5-11,16,22,28-29H,4,12-15,17-21,36H2,(H,37,42)(H,38,41). The minimum atomic E-state index is -0.168. The first-order valence-corrected chi connectivity index (χ1v) is 15.0. The maximum absolute atomic E-state index is 13.2. The number of nitriles is 1. The first-order valence-electron chi connectivity index (χ1n) is 15.0. The Morgan fingerprint density at radius 1 is 0.860 bits per heavy atom. The van der Waals surface area contributed by atoms with E-state index in [1.807, 2.05) is 41.3 Å². The van der Waals surface area contributed by atoms with Gasteiger partial charge in [0.2, 0.25) is 5.91 Å². The van der Waals surface area contributed by atoms with Gasteiger partial charge in [0.1, 0.15) is 0 Å². The van der Waals surface area contributed by atoms with Crippen molar-refractivity contribution in [2.24, 2.45) is 5.73 Å². The Balaban J connectivity index is 1.33. The van der Waals surface area contributed by atoms with Crippen LogP contribution in [0.15, 0.2) is 72.8 Å². The highest BCUT2D eigenvalue weighted by molar-refractivity contribution is 6.00. The van der Waals surface area contributed by atoms with Crippen molar-refractivity contribution in [3.8, 4) is 6.07 Å². The average Bonchev–Trinajstić information content (AvgIpc) is 3.28. The van der Waals surface area contributed by atoms with Crippen LogP contribution in [0.1, 0.15) is 63.9 Å². The number of amides is 3. The molecule has 0 atom stereocenters. The molecule has 0 aromatic heterocycles. The Bertz CT molecular complexity index is 1480. The number of benzene rings is 3. The molecule has 1 aliphatic heterocycles. The van der Waals surface area contributed by atoms with Gasteiger partial charge in [-0.15, -0.1) is 0 Å². The van der Waals surface area contributed by atoms with Crippen molar-refractivity contribution in [2.75, 3.05) is 36.4 Å². The van der Waals surface area contributed by atoms with Gasteiger partial charge in [0, 0.05) is 49.4 Å². The molecule has 1 aliphatic carbocycles. The van der Waals surface area contributed by atoms with E-state index in [0.29, 0.717) is 48.6 Å². The predicted octanol–water partition coefficient (Wildman–Crippen LogP) is 4.09. The lowest BCUT2D eigenvalue weighted by atomic mass is 9.91. The summed E-state index contributed by atoms with van der Waals surface area (Å²) in [6.45, 7) is 2.35. The van der Waals surface area contributed by atoms with Crippen molar-refractivity contribution in [1.82, 2.24) is 10.2 Å². The molecule has 3 aromatic carbocycles. The number of nitrogens with two attached hydrogens (primary N) is 1. The van der Waals surface area contributed by atoms with Crippen molar-refractivity contribution in [3.63, 3.8) is 0 Å². The molecule has 1 heterocycles. The molecule has 0 radical (unpaired) electrons. The summed E-state index contributed by atoms with van der Waals surface area (Å²) >= 11 is 0. The lowest BCUT2D eigenvalue weighted by Gasteiger charge is -2.28. The minimum absolute atomic E-state index is 0.0709. The first-order chi connectivity index (χ1) is 20.9. The highest BCUT2D eigenvalue weighted by Gasteiger charge is 2.24. The normalized spacial score (nSPS) is 18.7. The summed E-state index contributed by atoms with van der Waals surface area (Å²) in [6.07, 6.45) is 4.46. The number of carbonyl (C=O) groups excluding carboxylic acids is 3. The number of anilines is 2. The molecule has 2 aliphatic rings. The molecule has 2 fully saturated rings. The molecular formula is C34H38N6O3. The number of hydrogen-bond acceptors (Lipinski definition) is 6. The Morgan fingerprint density at radius 2 is 1.58 bits per heavy atom. The first kappa shape index (κ1) is 29.8. The third-order valence-electron chi connectivity index (χ3n) is 8.23. The molecule has 1 saturated carbocycles. The van der Waals surface area contributed by atoms with Crippen molar-refractivity contribution in [3.05, 3.63) is 95.1 Å². The van der Waals surface area contributed by atoms with Gasteiger partial charge in [0.05, 0.1) is 29.4 Å².